The SMILES string of the molecule is CCc1cnc(C(C)NC(=O)COC(C)C)s1. The number of carbonyl (C=O) groups is 1. The second kappa shape index (κ2) is 6.71. The third-order valence-corrected chi connectivity index (χ3v) is 3.54. The van der Waals surface area contributed by atoms with Gasteiger partial charge in [0.25, 0.3) is 0 Å². The monoisotopic (exact) mass is 256 g/mol. The van der Waals surface area contributed by atoms with Crippen LogP contribution >= 0.6 is 11.3 Å². The molecule has 5 heteroatoms. The molecule has 96 valence electrons. The van der Waals surface area contributed by atoms with Crippen LogP contribution in [0.2, 0.25) is 0 Å². The molecule has 1 aromatic heterocycles. The van der Waals surface area contributed by atoms with Crippen molar-refractivity contribution in [2.24, 2.45) is 0 Å². The molecule has 1 amide bonds. The van der Waals surface area contributed by atoms with E-state index >= 15 is 0 Å². The summed E-state index contributed by atoms with van der Waals surface area (Å²) in [4.78, 5) is 17.1. The van der Waals surface area contributed by atoms with Gasteiger partial charge in [0, 0.05) is 11.1 Å². The highest BCUT2D eigenvalue weighted by Gasteiger charge is 2.13. The largest absolute Gasteiger partial charge is 0.369 e. The first-order valence-electron chi connectivity index (χ1n) is 5.88. The van der Waals surface area contributed by atoms with E-state index in [1.165, 1.54) is 4.88 Å². The summed E-state index contributed by atoms with van der Waals surface area (Å²) in [6, 6.07) is -0.0523. The molecule has 1 unspecified atom stereocenters. The van der Waals surface area contributed by atoms with Crippen LogP contribution in [0.4, 0.5) is 0 Å². The summed E-state index contributed by atoms with van der Waals surface area (Å²) in [5.74, 6) is -0.0977. The second-order valence-electron chi connectivity index (χ2n) is 4.17. The minimum Gasteiger partial charge on any atom is -0.369 e. The van der Waals surface area contributed by atoms with Crippen LogP contribution in [-0.2, 0) is 16.0 Å². The first-order chi connectivity index (χ1) is 8.02. The first-order valence-corrected chi connectivity index (χ1v) is 6.70. The lowest BCUT2D eigenvalue weighted by Crippen LogP contribution is -2.31. The van der Waals surface area contributed by atoms with E-state index in [1.807, 2.05) is 27.0 Å². The number of aryl methyl sites for hydroxylation is 1. The number of carbonyl (C=O) groups excluding carboxylic acids is 1. The molecule has 0 aliphatic rings. The van der Waals surface area contributed by atoms with Crippen molar-refractivity contribution in [3.63, 3.8) is 0 Å². The molecule has 17 heavy (non-hydrogen) atoms. The van der Waals surface area contributed by atoms with Crippen molar-refractivity contribution in [3.05, 3.63) is 16.1 Å². The topological polar surface area (TPSA) is 51.2 Å². The zero-order valence-corrected chi connectivity index (χ0v) is 11.6. The van der Waals surface area contributed by atoms with Gasteiger partial charge in [0.15, 0.2) is 0 Å². The molecule has 0 saturated carbocycles. The summed E-state index contributed by atoms with van der Waals surface area (Å²) < 4.78 is 5.24. The maximum absolute atomic E-state index is 11.5. The predicted molar refractivity (Wildman–Crippen MR) is 69.1 cm³/mol. The Morgan fingerprint density at radius 1 is 1.53 bits per heavy atom. The molecular formula is C12H20N2O2S. The molecule has 0 radical (unpaired) electrons. The summed E-state index contributed by atoms with van der Waals surface area (Å²) >= 11 is 1.64. The molecule has 1 atom stereocenters. The minimum atomic E-state index is -0.0977. The van der Waals surface area contributed by atoms with Crippen LogP contribution in [-0.4, -0.2) is 23.6 Å². The Hall–Kier alpha value is -0.940. The molecule has 1 N–H and O–H groups in total. The van der Waals surface area contributed by atoms with Crippen molar-refractivity contribution in [2.75, 3.05) is 6.61 Å². The maximum atomic E-state index is 11.5. The molecule has 1 rings (SSSR count). The van der Waals surface area contributed by atoms with Crippen molar-refractivity contribution < 1.29 is 9.53 Å². The highest BCUT2D eigenvalue weighted by atomic mass is 32.1. The van der Waals surface area contributed by atoms with Crippen molar-refractivity contribution in [3.8, 4) is 0 Å². The van der Waals surface area contributed by atoms with Crippen LogP contribution in [0.3, 0.4) is 0 Å². The Morgan fingerprint density at radius 2 is 2.24 bits per heavy atom. The van der Waals surface area contributed by atoms with Crippen LogP contribution < -0.4 is 5.32 Å². The minimum absolute atomic E-state index is 0.0523. The molecule has 0 saturated heterocycles. The third-order valence-electron chi connectivity index (χ3n) is 2.22. The van der Waals surface area contributed by atoms with Gasteiger partial charge < -0.3 is 10.1 Å². The van der Waals surface area contributed by atoms with Gasteiger partial charge in [-0.05, 0) is 27.2 Å². The lowest BCUT2D eigenvalue weighted by Gasteiger charge is -2.12. The smallest absolute Gasteiger partial charge is 0.246 e. The fraction of sp³-hybridized carbons (Fsp3) is 0.667. The van der Waals surface area contributed by atoms with Gasteiger partial charge in [-0.2, -0.15) is 0 Å². The van der Waals surface area contributed by atoms with Gasteiger partial charge in [0.1, 0.15) is 11.6 Å². The lowest BCUT2D eigenvalue weighted by molar-refractivity contribution is -0.127. The van der Waals surface area contributed by atoms with E-state index in [1.54, 1.807) is 11.3 Å². The summed E-state index contributed by atoms with van der Waals surface area (Å²) in [5, 5.41) is 3.82. The van der Waals surface area contributed by atoms with Gasteiger partial charge in [-0.1, -0.05) is 6.92 Å². The zero-order valence-electron chi connectivity index (χ0n) is 10.8. The van der Waals surface area contributed by atoms with E-state index < -0.39 is 0 Å². The Balaban J connectivity index is 2.42. The fourth-order valence-corrected chi connectivity index (χ4v) is 2.13. The summed E-state index contributed by atoms with van der Waals surface area (Å²) in [7, 11) is 0. The molecular weight excluding hydrogens is 236 g/mol. The number of ether oxygens (including phenoxy) is 1. The molecule has 1 heterocycles. The van der Waals surface area contributed by atoms with Crippen LogP contribution in [0.15, 0.2) is 6.20 Å². The Labute approximate surface area is 106 Å². The number of hydrogen-bond donors (Lipinski definition) is 1. The van der Waals surface area contributed by atoms with Gasteiger partial charge >= 0.3 is 0 Å². The Bertz CT molecular complexity index is 363. The number of aromatic nitrogens is 1. The Kier molecular flexibility index (Phi) is 5.58. The van der Waals surface area contributed by atoms with Gasteiger partial charge in [-0.3, -0.25) is 4.79 Å². The van der Waals surface area contributed by atoms with Gasteiger partial charge in [0.2, 0.25) is 5.91 Å². The average Bonchev–Trinajstić information content (AvgIpc) is 2.74. The maximum Gasteiger partial charge on any atom is 0.246 e. The van der Waals surface area contributed by atoms with Crippen LogP contribution in [0.1, 0.15) is 43.6 Å². The average molecular weight is 256 g/mol. The van der Waals surface area contributed by atoms with Crippen molar-refractivity contribution in [2.45, 2.75) is 46.3 Å². The van der Waals surface area contributed by atoms with Crippen LogP contribution in [0, 0.1) is 0 Å². The highest BCUT2D eigenvalue weighted by molar-refractivity contribution is 7.11. The van der Waals surface area contributed by atoms with Crippen molar-refractivity contribution in [1.82, 2.24) is 10.3 Å². The van der Waals surface area contributed by atoms with Gasteiger partial charge in [-0.25, -0.2) is 4.98 Å². The molecule has 0 aliphatic heterocycles. The van der Waals surface area contributed by atoms with Gasteiger partial charge in [0.05, 0.1) is 12.1 Å². The number of nitrogens with zero attached hydrogens (tertiary/aromatic N) is 1. The highest BCUT2D eigenvalue weighted by Crippen LogP contribution is 2.19. The van der Waals surface area contributed by atoms with Crippen LogP contribution in [0.5, 0.6) is 0 Å². The summed E-state index contributed by atoms with van der Waals surface area (Å²) in [6.45, 7) is 7.95. The number of hydrogen-bond acceptors (Lipinski definition) is 4. The van der Waals surface area contributed by atoms with E-state index in [0.29, 0.717) is 0 Å². The standard InChI is InChI=1S/C12H20N2O2S/c1-5-10-6-13-12(17-10)9(4)14-11(15)7-16-8(2)3/h6,8-9H,5,7H2,1-4H3,(H,14,15). The van der Waals surface area contributed by atoms with Crippen molar-refractivity contribution in [1.29, 1.82) is 0 Å². The number of rotatable bonds is 6. The zero-order chi connectivity index (χ0) is 12.8. The fourth-order valence-electron chi connectivity index (χ4n) is 1.27. The van der Waals surface area contributed by atoms with E-state index in [9.17, 15) is 4.79 Å². The summed E-state index contributed by atoms with van der Waals surface area (Å²) in [6.07, 6.45) is 2.92. The lowest BCUT2D eigenvalue weighted by atomic mass is 10.3. The van der Waals surface area contributed by atoms with E-state index in [0.717, 1.165) is 11.4 Å². The quantitative estimate of drug-likeness (QED) is 0.849. The molecule has 4 nitrogen and oxygen atoms in total. The first kappa shape index (κ1) is 14.1. The van der Waals surface area contributed by atoms with E-state index in [2.05, 4.69) is 17.2 Å². The normalized spacial score (nSPS) is 12.8. The molecule has 0 spiro atoms. The third kappa shape index (κ3) is 4.83. The molecule has 0 aromatic carbocycles. The molecule has 0 fully saturated rings. The van der Waals surface area contributed by atoms with Crippen molar-refractivity contribution >= 4 is 17.2 Å². The number of amides is 1. The Morgan fingerprint density at radius 3 is 2.76 bits per heavy atom. The van der Waals surface area contributed by atoms with Crippen LogP contribution in [0.25, 0.3) is 0 Å². The predicted octanol–water partition coefficient (Wildman–Crippen LogP) is 2.31. The molecule has 1 aromatic rings. The number of nitrogens with one attached hydrogen (secondary N) is 1. The van der Waals surface area contributed by atoms with E-state index in [-0.39, 0.29) is 24.7 Å². The summed E-state index contributed by atoms with van der Waals surface area (Å²) in [5.41, 5.74) is 0. The van der Waals surface area contributed by atoms with E-state index in [4.69, 9.17) is 4.74 Å². The second-order valence-corrected chi connectivity index (χ2v) is 5.31. The van der Waals surface area contributed by atoms with Gasteiger partial charge in [-0.15, -0.1) is 11.3 Å². The number of thiazole rings is 1. The molecule has 0 bridgehead atoms. The molecule has 0 aliphatic carbocycles.